The number of aryl methyl sites for hydroxylation is 1. The first-order valence-corrected chi connectivity index (χ1v) is 9.06. The molecule has 2 aromatic rings. The van der Waals surface area contributed by atoms with Crippen LogP contribution < -0.4 is 4.74 Å². The molecule has 0 bridgehead atoms. The number of rotatable bonds is 4. The maximum absolute atomic E-state index is 12.7. The molecule has 0 aliphatic carbocycles. The zero-order valence-corrected chi connectivity index (χ0v) is 17.5. The Morgan fingerprint density at radius 2 is 1.78 bits per heavy atom. The molecule has 27 heavy (non-hydrogen) atoms. The summed E-state index contributed by atoms with van der Waals surface area (Å²) in [6.45, 7) is 12.1. The van der Waals surface area contributed by atoms with Crippen molar-refractivity contribution >= 4 is 11.9 Å². The van der Waals surface area contributed by atoms with Crippen molar-refractivity contribution in [3.63, 3.8) is 0 Å². The molecule has 2 rings (SSSR count). The summed E-state index contributed by atoms with van der Waals surface area (Å²) >= 11 is 0. The van der Waals surface area contributed by atoms with Crippen LogP contribution in [0.1, 0.15) is 72.6 Å². The second kappa shape index (κ2) is 7.55. The van der Waals surface area contributed by atoms with E-state index in [1.54, 1.807) is 38.4 Å². The van der Waals surface area contributed by atoms with E-state index in [0.717, 1.165) is 11.3 Å². The molecule has 0 N–H and O–H groups in total. The lowest BCUT2D eigenvalue weighted by atomic mass is 10.1. The highest BCUT2D eigenvalue weighted by Gasteiger charge is 2.25. The molecule has 6 nitrogen and oxygen atoms in total. The van der Waals surface area contributed by atoms with Crippen molar-refractivity contribution in [3.8, 4) is 5.75 Å². The summed E-state index contributed by atoms with van der Waals surface area (Å²) < 4.78 is 7.45. The van der Waals surface area contributed by atoms with E-state index in [9.17, 15) is 9.59 Å². The van der Waals surface area contributed by atoms with E-state index in [1.807, 2.05) is 32.4 Å². The third-order valence-corrected chi connectivity index (χ3v) is 4.22. The van der Waals surface area contributed by atoms with Crippen LogP contribution in [0.2, 0.25) is 0 Å². The molecule has 1 heterocycles. The maximum atomic E-state index is 12.7. The Hall–Kier alpha value is -2.63. The quantitative estimate of drug-likeness (QED) is 0.602. The minimum absolute atomic E-state index is 0.147. The number of aromatic nitrogens is 2. The molecule has 0 saturated carbocycles. The van der Waals surface area contributed by atoms with Crippen LogP contribution in [0.5, 0.6) is 5.75 Å². The van der Waals surface area contributed by atoms with Crippen LogP contribution >= 0.6 is 0 Å². The number of amides is 1. The first-order chi connectivity index (χ1) is 12.4. The van der Waals surface area contributed by atoms with Crippen LogP contribution in [0.25, 0.3) is 0 Å². The Labute approximate surface area is 161 Å². The average molecular weight is 371 g/mol. The summed E-state index contributed by atoms with van der Waals surface area (Å²) in [4.78, 5) is 26.4. The van der Waals surface area contributed by atoms with Gasteiger partial charge in [-0.25, -0.2) is 4.79 Å². The minimum Gasteiger partial charge on any atom is -0.421 e. The van der Waals surface area contributed by atoms with Crippen molar-refractivity contribution in [1.82, 2.24) is 14.7 Å². The number of hydrogen-bond acceptors (Lipinski definition) is 4. The molecular weight excluding hydrogens is 342 g/mol. The van der Waals surface area contributed by atoms with Gasteiger partial charge in [-0.05, 0) is 57.4 Å². The number of ether oxygens (including phenoxy) is 1. The van der Waals surface area contributed by atoms with Gasteiger partial charge in [0.1, 0.15) is 5.75 Å². The Bertz CT molecular complexity index is 858. The summed E-state index contributed by atoms with van der Waals surface area (Å²) in [6, 6.07) is 6.87. The monoisotopic (exact) mass is 371 g/mol. The van der Waals surface area contributed by atoms with E-state index in [0.29, 0.717) is 11.3 Å². The summed E-state index contributed by atoms with van der Waals surface area (Å²) in [7, 11) is 3.36. The second-order valence-electron chi connectivity index (χ2n) is 8.26. The van der Waals surface area contributed by atoms with Crippen molar-refractivity contribution in [2.24, 2.45) is 0 Å². The third kappa shape index (κ3) is 4.56. The maximum Gasteiger partial charge on any atom is 0.364 e. The Morgan fingerprint density at radius 1 is 1.15 bits per heavy atom. The van der Waals surface area contributed by atoms with Gasteiger partial charge in [-0.1, -0.05) is 19.9 Å². The first kappa shape index (κ1) is 20.7. The lowest BCUT2D eigenvalue weighted by molar-refractivity contribution is 0.0722. The number of hydrogen-bond donors (Lipinski definition) is 0. The SMILES string of the molecule is Cc1ccc(C(=O)N(C)C)cc1OC(=O)c1cc(C(C)C)n(C(C)(C)C)n1. The topological polar surface area (TPSA) is 64.4 Å². The van der Waals surface area contributed by atoms with Gasteiger partial charge in [0.2, 0.25) is 0 Å². The molecule has 0 fully saturated rings. The highest BCUT2D eigenvalue weighted by Crippen LogP contribution is 2.25. The molecule has 1 amide bonds. The fourth-order valence-corrected chi connectivity index (χ4v) is 2.70. The van der Waals surface area contributed by atoms with Gasteiger partial charge in [0.25, 0.3) is 5.91 Å². The lowest BCUT2D eigenvalue weighted by Gasteiger charge is -2.23. The molecule has 1 aromatic heterocycles. The predicted molar refractivity (Wildman–Crippen MR) is 105 cm³/mol. The van der Waals surface area contributed by atoms with Crippen LogP contribution in [0.3, 0.4) is 0 Å². The average Bonchev–Trinajstić information content (AvgIpc) is 3.02. The zero-order chi connectivity index (χ0) is 20.5. The lowest BCUT2D eigenvalue weighted by Crippen LogP contribution is -2.26. The second-order valence-corrected chi connectivity index (χ2v) is 8.26. The van der Waals surface area contributed by atoms with Gasteiger partial charge in [0, 0.05) is 25.4 Å². The van der Waals surface area contributed by atoms with Gasteiger partial charge in [0.05, 0.1) is 5.54 Å². The van der Waals surface area contributed by atoms with Crippen LogP contribution in [0, 0.1) is 6.92 Å². The van der Waals surface area contributed by atoms with E-state index < -0.39 is 5.97 Å². The zero-order valence-electron chi connectivity index (χ0n) is 17.5. The molecule has 6 heteroatoms. The largest absolute Gasteiger partial charge is 0.421 e. The van der Waals surface area contributed by atoms with Crippen molar-refractivity contribution in [2.45, 2.75) is 53.0 Å². The summed E-state index contributed by atoms with van der Waals surface area (Å²) in [5.74, 6) is -0.0889. The number of esters is 1. The van der Waals surface area contributed by atoms with E-state index in [1.165, 1.54) is 4.90 Å². The van der Waals surface area contributed by atoms with Gasteiger partial charge in [-0.2, -0.15) is 5.10 Å². The summed E-state index contributed by atoms with van der Waals surface area (Å²) in [5, 5.41) is 4.48. The van der Waals surface area contributed by atoms with Crippen LogP contribution in [-0.2, 0) is 5.54 Å². The van der Waals surface area contributed by atoms with E-state index in [4.69, 9.17) is 4.74 Å². The first-order valence-electron chi connectivity index (χ1n) is 9.06. The summed E-state index contributed by atoms with van der Waals surface area (Å²) in [5.41, 5.74) is 2.24. The fourth-order valence-electron chi connectivity index (χ4n) is 2.70. The van der Waals surface area contributed by atoms with Crippen LogP contribution in [0.15, 0.2) is 24.3 Å². The molecule has 0 aliphatic rings. The van der Waals surface area contributed by atoms with Crippen molar-refractivity contribution in [3.05, 3.63) is 46.8 Å². The smallest absolute Gasteiger partial charge is 0.364 e. The number of benzene rings is 1. The molecular formula is C21H29N3O3. The van der Waals surface area contributed by atoms with Gasteiger partial charge >= 0.3 is 5.97 Å². The normalized spacial score (nSPS) is 11.6. The minimum atomic E-state index is -0.530. The molecule has 1 aromatic carbocycles. The number of carbonyl (C=O) groups is 2. The fraction of sp³-hybridized carbons (Fsp3) is 0.476. The van der Waals surface area contributed by atoms with Gasteiger partial charge in [-0.15, -0.1) is 0 Å². The Kier molecular flexibility index (Phi) is 5.78. The third-order valence-electron chi connectivity index (χ3n) is 4.22. The predicted octanol–water partition coefficient (Wildman–Crippen LogP) is 3.99. The van der Waals surface area contributed by atoms with E-state index in [2.05, 4.69) is 18.9 Å². The molecule has 0 atom stereocenters. The molecule has 0 saturated heterocycles. The molecule has 146 valence electrons. The molecule has 0 aliphatic heterocycles. The Morgan fingerprint density at radius 3 is 2.26 bits per heavy atom. The van der Waals surface area contributed by atoms with Gasteiger partial charge in [0.15, 0.2) is 5.69 Å². The molecule has 0 spiro atoms. The number of nitrogens with zero attached hydrogens (tertiary/aromatic N) is 3. The molecule has 0 unspecified atom stereocenters. The van der Waals surface area contributed by atoms with Crippen LogP contribution in [-0.4, -0.2) is 40.7 Å². The highest BCUT2D eigenvalue weighted by molar-refractivity contribution is 5.95. The standard InChI is InChI=1S/C21H29N3O3/c1-13(2)17-12-16(22-24(17)21(4,5)6)20(26)27-18-11-15(10-9-14(18)3)19(25)23(7)8/h9-13H,1-8H3. The van der Waals surface area contributed by atoms with Crippen molar-refractivity contribution in [2.75, 3.05) is 14.1 Å². The summed E-state index contributed by atoms with van der Waals surface area (Å²) in [6.07, 6.45) is 0. The molecule has 0 radical (unpaired) electrons. The Balaban J connectivity index is 2.35. The number of carbonyl (C=O) groups excluding carboxylic acids is 2. The van der Waals surface area contributed by atoms with Crippen molar-refractivity contribution in [1.29, 1.82) is 0 Å². The highest BCUT2D eigenvalue weighted by atomic mass is 16.5. The van der Waals surface area contributed by atoms with Gasteiger partial charge in [-0.3, -0.25) is 9.48 Å². The van der Waals surface area contributed by atoms with Crippen molar-refractivity contribution < 1.29 is 14.3 Å². The van der Waals surface area contributed by atoms with Crippen LogP contribution in [0.4, 0.5) is 0 Å². The van der Waals surface area contributed by atoms with E-state index in [-0.39, 0.29) is 23.1 Å². The van der Waals surface area contributed by atoms with E-state index >= 15 is 0 Å². The van der Waals surface area contributed by atoms with Gasteiger partial charge < -0.3 is 9.64 Å².